The van der Waals surface area contributed by atoms with Crippen LogP contribution in [0, 0.1) is 0 Å². The Morgan fingerprint density at radius 3 is 2.31 bits per heavy atom. The van der Waals surface area contributed by atoms with Gasteiger partial charge in [-0.25, -0.2) is 0 Å². The lowest BCUT2D eigenvalue weighted by molar-refractivity contribution is 0.440. The van der Waals surface area contributed by atoms with E-state index in [0.717, 1.165) is 43.9 Å². The van der Waals surface area contributed by atoms with E-state index in [1.807, 2.05) is 0 Å². The second-order valence-electron chi connectivity index (χ2n) is 3.09. The molecule has 0 aromatic carbocycles. The lowest BCUT2D eigenvalue weighted by Gasteiger charge is -1.91. The molecule has 1 aromatic heterocycles. The minimum Gasteiger partial charge on any atom is -0.425 e. The molecule has 1 aromatic rings. The van der Waals surface area contributed by atoms with Crippen LogP contribution in [0.4, 0.5) is 0 Å². The van der Waals surface area contributed by atoms with Crippen molar-refractivity contribution in [3.8, 4) is 0 Å². The van der Waals surface area contributed by atoms with Crippen LogP contribution in [0.3, 0.4) is 0 Å². The molecular formula is C9H17N3O. The van der Waals surface area contributed by atoms with Crippen molar-refractivity contribution in [3.05, 3.63) is 11.8 Å². The molecule has 4 heteroatoms. The van der Waals surface area contributed by atoms with Crippen molar-refractivity contribution in [2.75, 3.05) is 6.54 Å². The van der Waals surface area contributed by atoms with Crippen molar-refractivity contribution in [2.24, 2.45) is 5.73 Å². The third-order valence-electron chi connectivity index (χ3n) is 1.85. The van der Waals surface area contributed by atoms with Crippen LogP contribution in [0.2, 0.25) is 0 Å². The van der Waals surface area contributed by atoms with Crippen LogP contribution >= 0.6 is 0 Å². The van der Waals surface area contributed by atoms with Crippen molar-refractivity contribution < 1.29 is 4.42 Å². The number of rotatable bonds is 6. The van der Waals surface area contributed by atoms with E-state index in [9.17, 15) is 0 Å². The first-order valence-electron chi connectivity index (χ1n) is 4.88. The molecule has 0 fully saturated rings. The van der Waals surface area contributed by atoms with Crippen molar-refractivity contribution in [1.29, 1.82) is 0 Å². The van der Waals surface area contributed by atoms with Gasteiger partial charge in [0.2, 0.25) is 11.8 Å². The Balaban J connectivity index is 2.34. The van der Waals surface area contributed by atoms with Gasteiger partial charge in [-0.2, -0.15) is 0 Å². The molecule has 1 heterocycles. The predicted molar refractivity (Wildman–Crippen MR) is 50.3 cm³/mol. The van der Waals surface area contributed by atoms with Gasteiger partial charge in [0.25, 0.3) is 0 Å². The largest absolute Gasteiger partial charge is 0.425 e. The molecule has 4 nitrogen and oxygen atoms in total. The van der Waals surface area contributed by atoms with Crippen LogP contribution in [-0.4, -0.2) is 16.7 Å². The molecule has 74 valence electrons. The predicted octanol–water partition coefficient (Wildman–Crippen LogP) is 1.30. The Kier molecular flexibility index (Phi) is 4.46. The van der Waals surface area contributed by atoms with E-state index in [0.29, 0.717) is 6.54 Å². The van der Waals surface area contributed by atoms with Gasteiger partial charge in [-0.3, -0.25) is 0 Å². The van der Waals surface area contributed by atoms with E-state index in [4.69, 9.17) is 10.2 Å². The van der Waals surface area contributed by atoms with Crippen LogP contribution in [-0.2, 0) is 12.8 Å². The molecule has 0 spiro atoms. The molecule has 13 heavy (non-hydrogen) atoms. The highest BCUT2D eigenvalue weighted by Crippen LogP contribution is 2.05. The van der Waals surface area contributed by atoms with Gasteiger partial charge in [-0.1, -0.05) is 13.3 Å². The number of nitrogens with zero attached hydrogens (tertiary/aromatic N) is 2. The monoisotopic (exact) mass is 183 g/mol. The fourth-order valence-electron chi connectivity index (χ4n) is 1.07. The van der Waals surface area contributed by atoms with Crippen LogP contribution in [0.25, 0.3) is 0 Å². The van der Waals surface area contributed by atoms with Crippen molar-refractivity contribution in [2.45, 2.75) is 39.0 Å². The van der Waals surface area contributed by atoms with Crippen LogP contribution in [0.15, 0.2) is 4.42 Å². The summed E-state index contributed by atoms with van der Waals surface area (Å²) in [4.78, 5) is 0. The minimum atomic E-state index is 0.673. The third kappa shape index (κ3) is 3.55. The second-order valence-corrected chi connectivity index (χ2v) is 3.09. The molecule has 0 saturated heterocycles. The molecule has 0 radical (unpaired) electrons. The normalized spacial score (nSPS) is 10.6. The molecular weight excluding hydrogens is 166 g/mol. The van der Waals surface area contributed by atoms with E-state index >= 15 is 0 Å². The SMILES string of the molecule is CCCCc1nnc(CCCN)o1. The zero-order valence-electron chi connectivity index (χ0n) is 8.12. The topological polar surface area (TPSA) is 64.9 Å². The summed E-state index contributed by atoms with van der Waals surface area (Å²) in [6.45, 7) is 2.82. The second kappa shape index (κ2) is 5.70. The highest BCUT2D eigenvalue weighted by molar-refractivity contribution is 4.82. The highest BCUT2D eigenvalue weighted by atomic mass is 16.4. The molecule has 0 aliphatic heterocycles. The minimum absolute atomic E-state index is 0.673. The first-order chi connectivity index (χ1) is 6.36. The maximum Gasteiger partial charge on any atom is 0.216 e. The molecule has 0 unspecified atom stereocenters. The number of hydrogen-bond acceptors (Lipinski definition) is 4. The van der Waals surface area contributed by atoms with Crippen LogP contribution in [0.1, 0.15) is 38.0 Å². The van der Waals surface area contributed by atoms with E-state index in [-0.39, 0.29) is 0 Å². The van der Waals surface area contributed by atoms with Gasteiger partial charge in [-0.05, 0) is 19.4 Å². The Morgan fingerprint density at radius 2 is 1.77 bits per heavy atom. The number of aryl methyl sites for hydroxylation is 2. The van der Waals surface area contributed by atoms with E-state index < -0.39 is 0 Å². The molecule has 0 aliphatic rings. The van der Waals surface area contributed by atoms with E-state index in [1.165, 1.54) is 0 Å². The maximum atomic E-state index is 5.41. The van der Waals surface area contributed by atoms with Crippen LogP contribution < -0.4 is 5.73 Å². The number of unbranched alkanes of at least 4 members (excludes halogenated alkanes) is 1. The van der Waals surface area contributed by atoms with Gasteiger partial charge >= 0.3 is 0 Å². The summed E-state index contributed by atoms with van der Waals surface area (Å²) in [7, 11) is 0. The summed E-state index contributed by atoms with van der Waals surface area (Å²) >= 11 is 0. The Bertz CT molecular complexity index is 212. The zero-order chi connectivity index (χ0) is 9.52. The number of hydrogen-bond donors (Lipinski definition) is 1. The molecule has 2 N–H and O–H groups in total. The van der Waals surface area contributed by atoms with Crippen molar-refractivity contribution in [1.82, 2.24) is 10.2 Å². The number of nitrogens with two attached hydrogens (primary N) is 1. The number of aromatic nitrogens is 2. The summed E-state index contributed by atoms with van der Waals surface area (Å²) in [6.07, 6.45) is 4.87. The molecule has 0 amide bonds. The fourth-order valence-corrected chi connectivity index (χ4v) is 1.07. The summed E-state index contributed by atoms with van der Waals surface area (Å²) in [6, 6.07) is 0. The van der Waals surface area contributed by atoms with Gasteiger partial charge in [0.05, 0.1) is 0 Å². The average molecular weight is 183 g/mol. The first kappa shape index (κ1) is 10.2. The third-order valence-corrected chi connectivity index (χ3v) is 1.85. The fraction of sp³-hybridized carbons (Fsp3) is 0.778. The van der Waals surface area contributed by atoms with Gasteiger partial charge in [0.1, 0.15) is 0 Å². The summed E-state index contributed by atoms with van der Waals surface area (Å²) in [5, 5.41) is 7.88. The average Bonchev–Trinajstić information content (AvgIpc) is 2.59. The summed E-state index contributed by atoms with van der Waals surface area (Å²) < 4.78 is 5.41. The smallest absolute Gasteiger partial charge is 0.216 e. The van der Waals surface area contributed by atoms with Gasteiger partial charge in [0.15, 0.2) is 0 Å². The molecule has 0 aliphatic carbocycles. The Labute approximate surface area is 78.5 Å². The maximum absolute atomic E-state index is 5.41. The summed E-state index contributed by atoms with van der Waals surface area (Å²) in [5.74, 6) is 1.48. The molecule has 0 saturated carbocycles. The Morgan fingerprint density at radius 1 is 1.15 bits per heavy atom. The van der Waals surface area contributed by atoms with E-state index in [1.54, 1.807) is 0 Å². The van der Waals surface area contributed by atoms with E-state index in [2.05, 4.69) is 17.1 Å². The van der Waals surface area contributed by atoms with Crippen molar-refractivity contribution in [3.63, 3.8) is 0 Å². The first-order valence-corrected chi connectivity index (χ1v) is 4.88. The molecule has 0 atom stereocenters. The van der Waals surface area contributed by atoms with Gasteiger partial charge < -0.3 is 10.2 Å². The standard InChI is InChI=1S/C9H17N3O/c1-2-3-5-8-11-12-9(13-8)6-4-7-10/h2-7,10H2,1H3. The van der Waals surface area contributed by atoms with Crippen LogP contribution in [0.5, 0.6) is 0 Å². The summed E-state index contributed by atoms with van der Waals surface area (Å²) in [5.41, 5.74) is 5.37. The highest BCUT2D eigenvalue weighted by Gasteiger charge is 2.03. The lowest BCUT2D eigenvalue weighted by atomic mass is 10.2. The lowest BCUT2D eigenvalue weighted by Crippen LogP contribution is -2.00. The zero-order valence-corrected chi connectivity index (χ0v) is 8.12. The molecule has 1 rings (SSSR count). The quantitative estimate of drug-likeness (QED) is 0.722. The van der Waals surface area contributed by atoms with Gasteiger partial charge in [-0.15, -0.1) is 10.2 Å². The van der Waals surface area contributed by atoms with Gasteiger partial charge in [0, 0.05) is 12.8 Å². The van der Waals surface area contributed by atoms with Crippen molar-refractivity contribution >= 4 is 0 Å². The Hall–Kier alpha value is -0.900. The molecule has 0 bridgehead atoms.